The van der Waals surface area contributed by atoms with E-state index < -0.39 is 0 Å². The van der Waals surface area contributed by atoms with Crippen LogP contribution in [-0.2, 0) is 19.1 Å². The van der Waals surface area contributed by atoms with Crippen LogP contribution in [0.1, 0.15) is 79.1 Å². The van der Waals surface area contributed by atoms with Gasteiger partial charge in [0.15, 0.2) is 0 Å². The first-order valence-electron chi connectivity index (χ1n) is 10.9. The smallest absolute Gasteiger partial charge is 0.302 e. The summed E-state index contributed by atoms with van der Waals surface area (Å²) in [6, 6.07) is 0. The van der Waals surface area contributed by atoms with E-state index in [0.29, 0.717) is 30.0 Å². The molecule has 0 N–H and O–H groups in total. The monoisotopic (exact) mass is 374 g/mol. The highest BCUT2D eigenvalue weighted by Crippen LogP contribution is 2.66. The summed E-state index contributed by atoms with van der Waals surface area (Å²) in [5.41, 5.74) is -0.0888. The SMILES string of the molecule is CC(=O)O[C@H]1CC[C@@]2(C)[C@H](CC[C@H]3[C@@H]4CC[C@H](C(C)=O)[C@@]4(C)CC(=O)[C@@H]32)C1. The van der Waals surface area contributed by atoms with E-state index in [1.807, 2.05) is 0 Å². The molecule has 0 spiro atoms. The first-order valence-corrected chi connectivity index (χ1v) is 10.9. The highest BCUT2D eigenvalue weighted by molar-refractivity contribution is 5.87. The molecule has 0 aromatic heterocycles. The van der Waals surface area contributed by atoms with Crippen molar-refractivity contribution in [2.45, 2.75) is 85.2 Å². The molecule has 8 atom stereocenters. The van der Waals surface area contributed by atoms with Crippen molar-refractivity contribution >= 4 is 17.5 Å². The van der Waals surface area contributed by atoms with Crippen LogP contribution in [-0.4, -0.2) is 23.6 Å². The second kappa shape index (κ2) is 6.42. The summed E-state index contributed by atoms with van der Waals surface area (Å²) in [4.78, 5) is 37.1. The average molecular weight is 375 g/mol. The van der Waals surface area contributed by atoms with Crippen LogP contribution >= 0.6 is 0 Å². The van der Waals surface area contributed by atoms with E-state index in [4.69, 9.17) is 4.74 Å². The van der Waals surface area contributed by atoms with Crippen LogP contribution in [0.15, 0.2) is 0 Å². The molecule has 4 nitrogen and oxygen atoms in total. The number of hydrogen-bond donors (Lipinski definition) is 0. The molecule has 4 heteroatoms. The predicted molar refractivity (Wildman–Crippen MR) is 102 cm³/mol. The summed E-state index contributed by atoms with van der Waals surface area (Å²) in [5.74, 6) is 2.11. The Morgan fingerprint density at radius 2 is 1.74 bits per heavy atom. The summed E-state index contributed by atoms with van der Waals surface area (Å²) >= 11 is 0. The molecule has 4 fully saturated rings. The van der Waals surface area contributed by atoms with E-state index in [9.17, 15) is 14.4 Å². The number of fused-ring (bicyclic) bond motifs is 5. The summed E-state index contributed by atoms with van der Waals surface area (Å²) < 4.78 is 5.51. The molecule has 0 saturated heterocycles. The van der Waals surface area contributed by atoms with Gasteiger partial charge in [0.25, 0.3) is 0 Å². The molecule has 0 heterocycles. The topological polar surface area (TPSA) is 60.4 Å². The lowest BCUT2D eigenvalue weighted by Crippen LogP contribution is -2.58. The zero-order valence-corrected chi connectivity index (χ0v) is 17.3. The molecule has 27 heavy (non-hydrogen) atoms. The number of Topliss-reactive ketones (excluding diaryl/α,β-unsaturated/α-hetero) is 2. The Bertz CT molecular complexity index is 669. The Kier molecular flexibility index (Phi) is 4.55. The number of carbonyl (C=O) groups is 3. The third-order valence-electron chi connectivity index (χ3n) is 9.12. The maximum absolute atomic E-state index is 13.5. The molecule has 4 aliphatic carbocycles. The summed E-state index contributed by atoms with van der Waals surface area (Å²) in [6.07, 6.45) is 7.64. The van der Waals surface area contributed by atoms with Gasteiger partial charge in [-0.1, -0.05) is 13.8 Å². The molecule has 0 aromatic carbocycles. The largest absolute Gasteiger partial charge is 0.463 e. The van der Waals surface area contributed by atoms with E-state index >= 15 is 0 Å². The van der Waals surface area contributed by atoms with Crippen molar-refractivity contribution in [2.75, 3.05) is 0 Å². The van der Waals surface area contributed by atoms with E-state index in [0.717, 1.165) is 44.9 Å². The van der Waals surface area contributed by atoms with Gasteiger partial charge in [-0.05, 0) is 80.5 Å². The molecule has 0 aliphatic heterocycles. The number of esters is 1. The van der Waals surface area contributed by atoms with Crippen LogP contribution in [0.3, 0.4) is 0 Å². The highest BCUT2D eigenvalue weighted by Gasteiger charge is 2.63. The predicted octanol–water partition coefficient (Wildman–Crippen LogP) is 4.35. The van der Waals surface area contributed by atoms with Crippen LogP contribution in [0.2, 0.25) is 0 Å². The molecular formula is C23H34O4. The fraction of sp³-hybridized carbons (Fsp3) is 0.870. The molecule has 4 saturated carbocycles. The van der Waals surface area contributed by atoms with Gasteiger partial charge in [0.2, 0.25) is 0 Å². The van der Waals surface area contributed by atoms with E-state index in [1.165, 1.54) is 6.92 Å². The molecule has 0 amide bonds. The van der Waals surface area contributed by atoms with Crippen molar-refractivity contribution in [1.29, 1.82) is 0 Å². The molecule has 0 radical (unpaired) electrons. The molecular weight excluding hydrogens is 340 g/mol. The Morgan fingerprint density at radius 1 is 1.00 bits per heavy atom. The maximum Gasteiger partial charge on any atom is 0.302 e. The van der Waals surface area contributed by atoms with Crippen molar-refractivity contribution < 1.29 is 19.1 Å². The lowest BCUT2D eigenvalue weighted by atomic mass is 9.44. The van der Waals surface area contributed by atoms with Gasteiger partial charge in [0.05, 0.1) is 0 Å². The minimum absolute atomic E-state index is 0.0228. The number of ether oxygens (including phenoxy) is 1. The van der Waals surface area contributed by atoms with Crippen LogP contribution < -0.4 is 0 Å². The van der Waals surface area contributed by atoms with Gasteiger partial charge < -0.3 is 4.74 Å². The van der Waals surface area contributed by atoms with Gasteiger partial charge in [-0.25, -0.2) is 0 Å². The van der Waals surface area contributed by atoms with Gasteiger partial charge in [-0.15, -0.1) is 0 Å². The number of hydrogen-bond acceptors (Lipinski definition) is 4. The normalized spacial score (nSPS) is 49.0. The second-order valence-corrected chi connectivity index (χ2v) is 10.4. The molecule has 0 unspecified atom stereocenters. The second-order valence-electron chi connectivity index (χ2n) is 10.4. The number of carbonyl (C=O) groups excluding carboxylic acids is 3. The minimum Gasteiger partial charge on any atom is -0.463 e. The van der Waals surface area contributed by atoms with Crippen molar-refractivity contribution in [3.63, 3.8) is 0 Å². The minimum atomic E-state index is -0.192. The van der Waals surface area contributed by atoms with Gasteiger partial charge in [-0.2, -0.15) is 0 Å². The van der Waals surface area contributed by atoms with E-state index in [1.54, 1.807) is 6.92 Å². The Morgan fingerprint density at radius 3 is 2.41 bits per heavy atom. The zero-order valence-electron chi connectivity index (χ0n) is 17.3. The van der Waals surface area contributed by atoms with Crippen molar-refractivity contribution in [2.24, 2.45) is 40.4 Å². The fourth-order valence-corrected chi connectivity index (χ4v) is 8.04. The quantitative estimate of drug-likeness (QED) is 0.675. The third-order valence-corrected chi connectivity index (χ3v) is 9.12. The lowest BCUT2D eigenvalue weighted by molar-refractivity contribution is -0.169. The maximum atomic E-state index is 13.5. The first kappa shape index (κ1) is 19.1. The third kappa shape index (κ3) is 2.81. The molecule has 4 aliphatic rings. The van der Waals surface area contributed by atoms with Gasteiger partial charge in [0, 0.05) is 25.2 Å². The summed E-state index contributed by atoms with van der Waals surface area (Å²) in [6.45, 7) is 7.75. The molecule has 0 bridgehead atoms. The Labute approximate surface area is 162 Å². The van der Waals surface area contributed by atoms with Crippen molar-refractivity contribution in [3.05, 3.63) is 0 Å². The molecule has 4 rings (SSSR count). The van der Waals surface area contributed by atoms with Crippen molar-refractivity contribution in [3.8, 4) is 0 Å². The van der Waals surface area contributed by atoms with E-state index in [2.05, 4.69) is 13.8 Å². The van der Waals surface area contributed by atoms with Gasteiger partial charge in [-0.3, -0.25) is 14.4 Å². The Hall–Kier alpha value is -1.19. The lowest BCUT2D eigenvalue weighted by Gasteiger charge is -2.59. The van der Waals surface area contributed by atoms with Crippen LogP contribution in [0.5, 0.6) is 0 Å². The molecule has 150 valence electrons. The average Bonchev–Trinajstić information content (AvgIpc) is 2.91. The number of rotatable bonds is 2. The van der Waals surface area contributed by atoms with Gasteiger partial charge in [0.1, 0.15) is 17.7 Å². The van der Waals surface area contributed by atoms with E-state index in [-0.39, 0.29) is 40.5 Å². The summed E-state index contributed by atoms with van der Waals surface area (Å²) in [7, 11) is 0. The fourth-order valence-electron chi connectivity index (χ4n) is 8.04. The number of ketones is 2. The van der Waals surface area contributed by atoms with Crippen molar-refractivity contribution in [1.82, 2.24) is 0 Å². The molecule has 0 aromatic rings. The summed E-state index contributed by atoms with van der Waals surface area (Å²) in [5, 5.41) is 0. The van der Waals surface area contributed by atoms with Gasteiger partial charge >= 0.3 is 5.97 Å². The first-order chi connectivity index (χ1) is 12.7. The zero-order chi connectivity index (χ0) is 19.6. The highest BCUT2D eigenvalue weighted by atomic mass is 16.5. The van der Waals surface area contributed by atoms with Crippen LogP contribution in [0.25, 0.3) is 0 Å². The van der Waals surface area contributed by atoms with Crippen LogP contribution in [0, 0.1) is 40.4 Å². The Balaban J connectivity index is 1.60. The standard InChI is InChI=1S/C23H34O4/c1-13(24)18-7-8-19-17-6-5-15-11-16(27-14(2)25)9-10-22(15,3)21(17)20(26)12-23(18,19)4/h15-19,21H,5-12H2,1-4H3/t15-,16+,17+,18-,19+,21-,22+,23-/m1/s1. The van der Waals surface area contributed by atoms with Crippen LogP contribution in [0.4, 0.5) is 0 Å².